The third-order valence-corrected chi connectivity index (χ3v) is 4.71. The number of phenols is 4. The zero-order valence-electron chi connectivity index (χ0n) is 13.7. The van der Waals surface area contributed by atoms with Crippen molar-refractivity contribution in [3.8, 4) is 23.0 Å². The second-order valence-corrected chi connectivity index (χ2v) is 6.41. The Morgan fingerprint density at radius 2 is 1.08 bits per heavy atom. The number of hydrogen-bond acceptors (Lipinski definition) is 7. The summed E-state index contributed by atoms with van der Waals surface area (Å²) in [7, 11) is 0. The van der Waals surface area contributed by atoms with Gasteiger partial charge in [0.05, 0.1) is 20.9 Å². The molecule has 0 amide bonds. The first-order valence-electron chi connectivity index (χ1n) is 7.64. The first-order chi connectivity index (χ1) is 11.8. The summed E-state index contributed by atoms with van der Waals surface area (Å²) in [4.78, 5) is 24.2. The molecule has 7 heteroatoms. The van der Waals surface area contributed by atoms with Crippen LogP contribution in [0.2, 0.25) is 0 Å². The average molecular weight is 362 g/mol. The molecule has 0 aliphatic rings. The molecule has 0 atom stereocenters. The standard InChI is InChI=1S/C18H18O6S/c1-3-11(19)9-5-17(15(23)7-13(9)21)25-18-6-10(12(20)4-2)14(22)8-16(18)24/h5-8,21-24H,3-4H2,1-2H3. The predicted molar refractivity (Wildman–Crippen MR) is 92.9 cm³/mol. The van der Waals surface area contributed by atoms with E-state index in [-0.39, 0.29) is 68.3 Å². The van der Waals surface area contributed by atoms with Gasteiger partial charge in [-0.15, -0.1) is 0 Å². The van der Waals surface area contributed by atoms with Crippen molar-refractivity contribution in [3.05, 3.63) is 35.4 Å². The van der Waals surface area contributed by atoms with Crippen molar-refractivity contribution >= 4 is 23.3 Å². The van der Waals surface area contributed by atoms with Crippen LogP contribution < -0.4 is 0 Å². The van der Waals surface area contributed by atoms with Crippen LogP contribution in [-0.2, 0) is 0 Å². The van der Waals surface area contributed by atoms with E-state index < -0.39 is 0 Å². The van der Waals surface area contributed by atoms with Crippen LogP contribution in [0.4, 0.5) is 0 Å². The van der Waals surface area contributed by atoms with Gasteiger partial charge >= 0.3 is 0 Å². The quantitative estimate of drug-likeness (QED) is 0.577. The molecule has 0 heterocycles. The van der Waals surface area contributed by atoms with E-state index in [1.807, 2.05) is 0 Å². The molecule has 0 radical (unpaired) electrons. The van der Waals surface area contributed by atoms with E-state index in [9.17, 15) is 30.0 Å². The zero-order chi connectivity index (χ0) is 18.7. The molecule has 4 N–H and O–H groups in total. The lowest BCUT2D eigenvalue weighted by Gasteiger charge is -2.11. The Kier molecular flexibility index (Phi) is 5.58. The molecule has 0 bridgehead atoms. The minimum absolute atomic E-state index is 0.0610. The largest absolute Gasteiger partial charge is 0.507 e. The minimum Gasteiger partial charge on any atom is -0.507 e. The van der Waals surface area contributed by atoms with E-state index in [2.05, 4.69) is 0 Å². The fraction of sp³-hybridized carbons (Fsp3) is 0.222. The van der Waals surface area contributed by atoms with Crippen LogP contribution in [0.15, 0.2) is 34.1 Å². The van der Waals surface area contributed by atoms with E-state index in [4.69, 9.17) is 0 Å². The highest BCUT2D eigenvalue weighted by molar-refractivity contribution is 7.99. The van der Waals surface area contributed by atoms with Crippen molar-refractivity contribution in [3.63, 3.8) is 0 Å². The fourth-order valence-electron chi connectivity index (χ4n) is 2.22. The van der Waals surface area contributed by atoms with Gasteiger partial charge in [-0.1, -0.05) is 25.6 Å². The normalized spacial score (nSPS) is 10.6. The highest BCUT2D eigenvalue weighted by Crippen LogP contribution is 2.43. The van der Waals surface area contributed by atoms with Gasteiger partial charge in [0.15, 0.2) is 11.6 Å². The highest BCUT2D eigenvalue weighted by Gasteiger charge is 2.18. The molecule has 0 aliphatic carbocycles. The van der Waals surface area contributed by atoms with Crippen molar-refractivity contribution in [2.24, 2.45) is 0 Å². The van der Waals surface area contributed by atoms with E-state index >= 15 is 0 Å². The predicted octanol–water partition coefficient (Wildman–Crippen LogP) is 3.85. The number of hydrogen-bond donors (Lipinski definition) is 4. The van der Waals surface area contributed by atoms with Gasteiger partial charge in [0.1, 0.15) is 23.0 Å². The molecular formula is C18H18O6S. The molecule has 132 valence electrons. The molecule has 0 aliphatic heterocycles. The fourth-order valence-corrected chi connectivity index (χ4v) is 3.14. The van der Waals surface area contributed by atoms with Crippen LogP contribution in [0.5, 0.6) is 23.0 Å². The summed E-state index contributed by atoms with van der Waals surface area (Å²) in [6.07, 6.45) is 0.365. The van der Waals surface area contributed by atoms with Crippen LogP contribution in [0.1, 0.15) is 47.4 Å². The van der Waals surface area contributed by atoms with Crippen LogP contribution in [-0.4, -0.2) is 32.0 Å². The Morgan fingerprint density at radius 1 is 0.720 bits per heavy atom. The highest BCUT2D eigenvalue weighted by atomic mass is 32.2. The van der Waals surface area contributed by atoms with Gasteiger partial charge < -0.3 is 20.4 Å². The molecule has 0 fully saturated rings. The molecule has 2 aromatic carbocycles. The Bertz CT molecular complexity index is 774. The number of benzene rings is 2. The second kappa shape index (κ2) is 7.48. The van der Waals surface area contributed by atoms with Gasteiger partial charge in [0, 0.05) is 25.0 Å². The summed E-state index contributed by atoms with van der Waals surface area (Å²) >= 11 is 0.916. The maximum absolute atomic E-state index is 11.9. The smallest absolute Gasteiger partial charge is 0.166 e. The molecule has 0 saturated carbocycles. The zero-order valence-corrected chi connectivity index (χ0v) is 14.6. The third-order valence-electron chi connectivity index (χ3n) is 3.62. The summed E-state index contributed by atoms with van der Waals surface area (Å²) in [5, 5.41) is 39.6. The Labute approximate surface area is 148 Å². The monoisotopic (exact) mass is 362 g/mol. The molecule has 2 rings (SSSR count). The molecule has 0 unspecified atom stereocenters. The molecule has 0 saturated heterocycles. The summed E-state index contributed by atoms with van der Waals surface area (Å²) in [5.74, 6) is -1.79. The van der Waals surface area contributed by atoms with E-state index in [0.717, 1.165) is 23.9 Å². The topological polar surface area (TPSA) is 115 Å². The van der Waals surface area contributed by atoms with Crippen molar-refractivity contribution < 1.29 is 30.0 Å². The van der Waals surface area contributed by atoms with Crippen molar-refractivity contribution in [2.75, 3.05) is 0 Å². The van der Waals surface area contributed by atoms with Crippen LogP contribution in [0.25, 0.3) is 0 Å². The molecule has 6 nitrogen and oxygen atoms in total. The molecule has 0 aromatic heterocycles. The number of phenolic OH excluding ortho intramolecular Hbond substituents is 4. The number of ketones is 2. The minimum atomic E-state index is -0.328. The van der Waals surface area contributed by atoms with Crippen molar-refractivity contribution in [2.45, 2.75) is 36.5 Å². The number of Topliss-reactive ketones (excluding diaryl/α,β-unsaturated/α-hetero) is 2. The van der Waals surface area contributed by atoms with Crippen LogP contribution in [0, 0.1) is 0 Å². The third kappa shape index (κ3) is 3.88. The van der Waals surface area contributed by atoms with Crippen LogP contribution >= 0.6 is 11.8 Å². The first-order valence-corrected chi connectivity index (χ1v) is 8.46. The number of aromatic hydroxyl groups is 4. The SMILES string of the molecule is CCC(=O)c1cc(Sc2cc(C(=O)CC)c(O)cc2O)c(O)cc1O. The van der Waals surface area contributed by atoms with Gasteiger partial charge in [-0.05, 0) is 12.1 Å². The first kappa shape index (κ1) is 18.7. The number of carbonyl (C=O) groups is 2. The lowest BCUT2D eigenvalue weighted by Crippen LogP contribution is -1.98. The van der Waals surface area contributed by atoms with Gasteiger partial charge in [-0.25, -0.2) is 0 Å². The lowest BCUT2D eigenvalue weighted by molar-refractivity contribution is 0.0977. The van der Waals surface area contributed by atoms with Crippen LogP contribution in [0.3, 0.4) is 0 Å². The van der Waals surface area contributed by atoms with Crippen molar-refractivity contribution in [1.29, 1.82) is 0 Å². The maximum Gasteiger partial charge on any atom is 0.166 e. The molecule has 25 heavy (non-hydrogen) atoms. The Morgan fingerprint density at radius 3 is 1.40 bits per heavy atom. The second-order valence-electron chi connectivity index (χ2n) is 5.33. The maximum atomic E-state index is 11.9. The van der Waals surface area contributed by atoms with E-state index in [1.54, 1.807) is 13.8 Å². The Hall–Kier alpha value is -2.67. The van der Waals surface area contributed by atoms with Gasteiger partial charge in [0.25, 0.3) is 0 Å². The van der Waals surface area contributed by atoms with Gasteiger partial charge in [-0.3, -0.25) is 9.59 Å². The van der Waals surface area contributed by atoms with Crippen molar-refractivity contribution in [1.82, 2.24) is 0 Å². The molecule has 2 aromatic rings. The summed E-state index contributed by atoms with van der Waals surface area (Å²) < 4.78 is 0. The van der Waals surface area contributed by atoms with Gasteiger partial charge in [-0.2, -0.15) is 0 Å². The summed E-state index contributed by atoms with van der Waals surface area (Å²) in [5.41, 5.74) is 0.122. The van der Waals surface area contributed by atoms with E-state index in [0.29, 0.717) is 0 Å². The molecular weight excluding hydrogens is 344 g/mol. The average Bonchev–Trinajstić information content (AvgIpc) is 2.57. The summed E-state index contributed by atoms with van der Waals surface area (Å²) in [6.45, 7) is 3.30. The number of rotatable bonds is 6. The summed E-state index contributed by atoms with van der Waals surface area (Å²) in [6, 6.07) is 4.77. The number of carbonyl (C=O) groups excluding carboxylic acids is 2. The lowest BCUT2D eigenvalue weighted by atomic mass is 10.1. The Balaban J connectivity index is 2.49. The molecule has 0 spiro atoms. The van der Waals surface area contributed by atoms with E-state index in [1.165, 1.54) is 12.1 Å². The van der Waals surface area contributed by atoms with Gasteiger partial charge in [0.2, 0.25) is 0 Å².